The Morgan fingerprint density at radius 1 is 0.200 bits per heavy atom. The molecule has 70 atom stereocenters. The van der Waals surface area contributed by atoms with E-state index in [2.05, 4.69) is 0 Å². The minimum absolute atomic E-state index is 1.06. The normalized spacial score (nSPS) is 145. The lowest BCUT2D eigenvalue weighted by atomic mass is 8.32. The Bertz CT molecular complexity index is 5500. The Kier molecular flexibility index (Phi) is 1.20. The van der Waals surface area contributed by atoms with Gasteiger partial charge in [-0.25, -0.2) is 0 Å². The van der Waals surface area contributed by atoms with Crippen LogP contribution in [0.1, 0.15) is 32.1 Å². The monoisotopic (exact) mass is 942 g/mol. The predicted octanol–water partition coefficient (Wildman–Crippen LogP) is 5.89. The molecule has 55 fully saturated rings. The lowest BCUT2D eigenvalue weighted by Gasteiger charge is -3.69. The van der Waals surface area contributed by atoms with Crippen LogP contribution in [0, 0.1) is 395 Å². The van der Waals surface area contributed by atoms with Crippen LogP contribution in [0.25, 0.3) is 0 Å². The average Bonchev–Trinajstić information content (AvgIpc) is 0.446. The van der Waals surface area contributed by atoms with Gasteiger partial charge < -0.3 is 0 Å². The Labute approximate surface area is 424 Å². The molecule has 55 rings (SSSR count). The van der Waals surface area contributed by atoms with Crippen molar-refractivity contribution in [2.24, 2.45) is 395 Å². The highest BCUT2D eigenvalue weighted by Gasteiger charge is 3.74. The predicted molar refractivity (Wildman–Crippen MR) is 227 cm³/mol. The first kappa shape index (κ1) is 24.7. The molecule has 0 heteroatoms. The van der Waals surface area contributed by atoms with E-state index in [-0.39, 0.29) is 0 Å². The SMILES string of the molecule is C1C2CC3C4C25C1C1C2C6C7C8C9C%10C%11C%12C%13C%14C%15C%16CC%17CC%18C%19C%20C%17%16C%15%16C%20%15C%19%17C%18C%18C%19C%20C%21C%22C%23C%24C%25C%26C%27CC3%28C43C15C21C62C74C85C96C%107C%118C%129C%13%10C%14%16C%15%11C%18%17C%19%12C%20%13C%21%14C%22%15C%23%16C%24%17C%25%18C%26%19C%27%28C31C%192C%184C%175C%166C%157C%148C%139C%12%10%11. The van der Waals surface area contributed by atoms with Crippen LogP contribution in [0.2, 0.25) is 0 Å². The topological polar surface area (TPSA) is 0 Å². The highest BCUT2D eigenvalue weighted by atomic mass is 15.8. The molecule has 0 aromatic carbocycles. The second-order valence-corrected chi connectivity index (χ2v) is 49.3. The largest absolute Gasteiger partial charge is 0.0464 e. The molecule has 55 aliphatic rings. The van der Waals surface area contributed by atoms with Crippen molar-refractivity contribution in [3.8, 4) is 0 Å². The Morgan fingerprint density at radius 3 is 1.03 bits per heavy atom. The van der Waals surface area contributed by atoms with Gasteiger partial charge in [-0.15, -0.1) is 0 Å². The second kappa shape index (κ2) is 3.64. The maximum atomic E-state index is 1.96. The summed E-state index contributed by atoms with van der Waals surface area (Å²) in [5.74, 6) is 45.4. The van der Waals surface area contributed by atoms with E-state index in [1.165, 1.54) is 189 Å². The summed E-state index contributed by atoms with van der Waals surface area (Å²) in [7, 11) is 0. The summed E-state index contributed by atoms with van der Waals surface area (Å²) in [5.41, 5.74) is 42.9. The Morgan fingerprint density at radius 2 is 0.533 bits per heavy atom. The highest BCUT2D eigenvalue weighted by molar-refractivity contribution is 6.18. The summed E-state index contributed by atoms with van der Waals surface area (Å²) in [5, 5.41) is 0. The van der Waals surface area contributed by atoms with Gasteiger partial charge in [0.2, 0.25) is 0 Å². The zero-order valence-corrected chi connectivity index (χ0v) is 41.0. The number of hydrogen-bond acceptors (Lipinski definition) is 0. The maximum absolute atomic E-state index is 1.96. The van der Waals surface area contributed by atoms with Crippen molar-refractivity contribution in [3.05, 3.63) is 0 Å². The smallest absolute Gasteiger partial charge is 0.000715 e. The zero-order valence-electron chi connectivity index (χ0n) is 41.0. The number of fused-ring (bicyclic) bond motifs is 24. The van der Waals surface area contributed by atoms with Crippen LogP contribution >= 0.6 is 0 Å². The van der Waals surface area contributed by atoms with Gasteiger partial charge >= 0.3 is 0 Å². The molecule has 0 N–H and O–H groups in total. The molecule has 0 heterocycles. The summed E-state index contributed by atoms with van der Waals surface area (Å²) in [6.45, 7) is 0. The molecule has 70 unspecified atom stereocenters. The third-order valence-corrected chi connectivity index (χ3v) is 66.6. The minimum atomic E-state index is 1.06. The Hall–Kier alpha value is 0. The fourth-order valence-corrected chi connectivity index (χ4v) is 85.8. The lowest BCUT2D eigenvalue weighted by Crippen LogP contribution is -3.69. The average molecular weight is 943 g/mol. The van der Waals surface area contributed by atoms with Crippen molar-refractivity contribution in [1.82, 2.24) is 0 Å². The van der Waals surface area contributed by atoms with Crippen LogP contribution in [0.3, 0.4) is 0 Å². The standard InChI is InChI=1S/C75H42/c1-6-2-10-16-20-24-28-32-35-34-31-27-23-19-15-9-3-7-4-11-36-39(7,9)43(15)47(19)51(23)55(27)59(31)62(34)63(35)60(32)56(28)52(24)48(20)44(16)40(6,10)37-14-8(1)13-18-22-26-30-33-29-25-21-17-12-5-38(11)42(12)46(17)50(21)54(25)58(29)61(33)57(30)53(26)49(22)45(18)41(13,14)65(37,44)67(45,48)69(49,52)71(53,56)73(57,60)75(61,63)74(58,62)72(54,59)70(50,55)68(46,51)66(42,47)64(36,38)43/h6-37H,1-5H2. The summed E-state index contributed by atoms with van der Waals surface area (Å²) >= 11 is 0. The van der Waals surface area contributed by atoms with Crippen LogP contribution in [0.4, 0.5) is 0 Å². The van der Waals surface area contributed by atoms with Gasteiger partial charge in [-0.2, -0.15) is 0 Å². The molecule has 75 heavy (non-hydrogen) atoms. The molecule has 0 aromatic rings. The summed E-state index contributed by atoms with van der Waals surface area (Å²) < 4.78 is 0. The van der Waals surface area contributed by atoms with Gasteiger partial charge in [0.15, 0.2) is 0 Å². The summed E-state index contributed by atoms with van der Waals surface area (Å²) in [6.07, 6.45) is 9.42. The van der Waals surface area contributed by atoms with Crippen molar-refractivity contribution >= 4 is 0 Å². The summed E-state index contributed by atoms with van der Waals surface area (Å²) in [6, 6.07) is 0. The molecule has 38 spiro atoms. The quantitative estimate of drug-likeness (QED) is 0.285. The van der Waals surface area contributed by atoms with Gasteiger partial charge in [-0.3, -0.25) is 0 Å². The molecule has 0 aromatic heterocycles. The molecule has 0 aliphatic heterocycles. The lowest BCUT2D eigenvalue weighted by molar-refractivity contribution is -1.25. The second-order valence-electron chi connectivity index (χ2n) is 49.3. The van der Waals surface area contributed by atoms with E-state index in [1.54, 1.807) is 0 Å². The summed E-state index contributed by atoms with van der Waals surface area (Å²) in [4.78, 5) is 0. The van der Waals surface area contributed by atoms with Crippen LogP contribution in [-0.4, -0.2) is 0 Å². The van der Waals surface area contributed by atoms with E-state index in [9.17, 15) is 0 Å². The van der Waals surface area contributed by atoms with Gasteiger partial charge in [0.1, 0.15) is 0 Å². The molecular formula is C75H42. The highest BCUT2D eigenvalue weighted by Crippen LogP contribution is 3.75. The van der Waals surface area contributed by atoms with E-state index in [0.29, 0.717) is 0 Å². The van der Waals surface area contributed by atoms with Gasteiger partial charge in [-0.05, 0) is 427 Å². The fraction of sp³-hybridized carbons (Fsp3) is 1.00. The molecule has 55 aliphatic carbocycles. The van der Waals surface area contributed by atoms with Gasteiger partial charge in [0.25, 0.3) is 0 Å². The minimum Gasteiger partial charge on any atom is -0.0464 e. The van der Waals surface area contributed by atoms with Crippen molar-refractivity contribution < 1.29 is 0 Å². The van der Waals surface area contributed by atoms with Gasteiger partial charge in [0.05, 0.1) is 0 Å². The first-order chi connectivity index (χ1) is 37.3. The number of rotatable bonds is 0. The zero-order chi connectivity index (χ0) is 41.0. The third-order valence-electron chi connectivity index (χ3n) is 66.6. The molecule has 0 saturated heterocycles. The van der Waals surface area contributed by atoms with Crippen molar-refractivity contribution in [2.45, 2.75) is 32.1 Å². The maximum Gasteiger partial charge on any atom is -0.000715 e. The molecule has 0 radical (unpaired) electrons. The third kappa shape index (κ3) is 0.521. The van der Waals surface area contributed by atoms with Crippen LogP contribution < -0.4 is 0 Å². The van der Waals surface area contributed by atoms with Crippen molar-refractivity contribution in [2.75, 3.05) is 0 Å². The van der Waals surface area contributed by atoms with E-state index < -0.39 is 0 Å². The van der Waals surface area contributed by atoms with E-state index in [0.717, 1.165) is 206 Å². The fourth-order valence-electron chi connectivity index (χ4n) is 85.8. The van der Waals surface area contributed by atoms with Crippen LogP contribution in [0.5, 0.6) is 0 Å². The Balaban J connectivity index is 0.632. The van der Waals surface area contributed by atoms with Crippen LogP contribution in [0.15, 0.2) is 0 Å². The first-order valence-corrected chi connectivity index (χ1v) is 37.3. The number of hydrogen-bond donors (Lipinski definition) is 0. The molecule has 0 amide bonds. The molecule has 0 bridgehead atoms. The first-order valence-electron chi connectivity index (χ1n) is 37.3. The van der Waals surface area contributed by atoms with Crippen LogP contribution in [-0.2, 0) is 0 Å². The molecule has 55 saturated carbocycles. The van der Waals surface area contributed by atoms with E-state index in [1.807, 2.05) is 32.1 Å². The molecular weight excluding hydrogens is 901 g/mol. The van der Waals surface area contributed by atoms with Gasteiger partial charge in [-0.1, -0.05) is 0 Å². The van der Waals surface area contributed by atoms with Crippen molar-refractivity contribution in [3.63, 3.8) is 0 Å². The van der Waals surface area contributed by atoms with E-state index in [4.69, 9.17) is 0 Å². The molecule has 342 valence electrons. The van der Waals surface area contributed by atoms with Crippen molar-refractivity contribution in [1.29, 1.82) is 0 Å². The van der Waals surface area contributed by atoms with Gasteiger partial charge in [0, 0.05) is 0 Å². The molecule has 0 nitrogen and oxygen atoms in total. The van der Waals surface area contributed by atoms with E-state index >= 15 is 0 Å².